The van der Waals surface area contributed by atoms with Crippen LogP contribution < -0.4 is 10.7 Å². The van der Waals surface area contributed by atoms with Crippen molar-refractivity contribution in [2.75, 3.05) is 11.4 Å². The molecule has 0 fully saturated rings. The van der Waals surface area contributed by atoms with E-state index in [1.807, 2.05) is 0 Å². The van der Waals surface area contributed by atoms with Crippen LogP contribution in [0.3, 0.4) is 0 Å². The number of aromatic amines is 1. The first-order valence-electron chi connectivity index (χ1n) is 4.85. The summed E-state index contributed by atoms with van der Waals surface area (Å²) in [5.41, 5.74) is 0. The van der Waals surface area contributed by atoms with Crippen molar-refractivity contribution in [1.29, 1.82) is 0 Å². The number of alkyl halides is 2. The highest BCUT2D eigenvalue weighted by Gasteiger charge is 2.16. The van der Waals surface area contributed by atoms with Crippen LogP contribution in [0.1, 0.15) is 4.88 Å². The molecule has 0 unspecified atom stereocenters. The molecule has 0 aliphatic carbocycles. The number of nitrogens with zero attached hydrogens (tertiary/aromatic N) is 2. The molecule has 0 aromatic carbocycles. The summed E-state index contributed by atoms with van der Waals surface area (Å²) in [6, 6.07) is 0. The van der Waals surface area contributed by atoms with Crippen molar-refractivity contribution in [1.82, 2.24) is 9.97 Å². The Morgan fingerprint density at radius 1 is 1.61 bits per heavy atom. The summed E-state index contributed by atoms with van der Waals surface area (Å²) < 4.78 is 29.8. The number of thiazole rings is 1. The fourth-order valence-electron chi connectivity index (χ4n) is 1.39. The Balaban J connectivity index is 2.17. The van der Waals surface area contributed by atoms with Crippen LogP contribution in [0, 0.1) is 0 Å². The predicted octanol–water partition coefficient (Wildman–Crippen LogP) is 2.35. The molecule has 2 aromatic heterocycles. The number of aromatic nitrogens is 2. The van der Waals surface area contributed by atoms with Crippen LogP contribution >= 0.6 is 22.9 Å². The van der Waals surface area contributed by atoms with Gasteiger partial charge in [0.05, 0.1) is 13.1 Å². The van der Waals surface area contributed by atoms with Gasteiger partial charge in [0.2, 0.25) is 0 Å². The van der Waals surface area contributed by atoms with Crippen molar-refractivity contribution in [3.05, 3.63) is 32.4 Å². The lowest BCUT2D eigenvalue weighted by Crippen LogP contribution is -2.28. The Kier molecular flexibility index (Phi) is 3.97. The molecule has 2 aromatic rings. The first kappa shape index (κ1) is 13.0. The highest BCUT2D eigenvalue weighted by atomic mass is 35.5. The smallest absolute Gasteiger partial charge is 0.414 e. The molecule has 0 saturated heterocycles. The van der Waals surface area contributed by atoms with Gasteiger partial charge in [0.1, 0.15) is 12.1 Å². The Hall–Kier alpha value is -1.41. The normalized spacial score (nSPS) is 11.1. The molecule has 9 heteroatoms. The molecule has 1 N–H and O–H groups in total. The Bertz CT molecular complexity index is 568. The Morgan fingerprint density at radius 2 is 2.39 bits per heavy atom. The summed E-state index contributed by atoms with van der Waals surface area (Å²) in [4.78, 5) is 19.0. The summed E-state index contributed by atoms with van der Waals surface area (Å²) in [6.07, 6.45) is 0.0728. The van der Waals surface area contributed by atoms with Gasteiger partial charge in [-0.25, -0.2) is 18.6 Å². The zero-order chi connectivity index (χ0) is 13.1. The van der Waals surface area contributed by atoms with Gasteiger partial charge >= 0.3 is 5.76 Å². The van der Waals surface area contributed by atoms with Crippen molar-refractivity contribution < 1.29 is 13.2 Å². The van der Waals surface area contributed by atoms with Gasteiger partial charge in [-0.2, -0.15) is 0 Å². The maximum atomic E-state index is 12.5. The van der Waals surface area contributed by atoms with E-state index in [1.54, 1.807) is 0 Å². The maximum Gasteiger partial charge on any atom is 0.417 e. The van der Waals surface area contributed by atoms with Crippen LogP contribution in [0.2, 0.25) is 4.47 Å². The van der Waals surface area contributed by atoms with Gasteiger partial charge in [-0.05, 0) is 0 Å². The van der Waals surface area contributed by atoms with Gasteiger partial charge in [0, 0.05) is 11.1 Å². The first-order chi connectivity index (χ1) is 8.54. The number of hydrogen-bond acceptors (Lipinski definition) is 5. The molecule has 0 aliphatic rings. The highest BCUT2D eigenvalue weighted by Crippen LogP contribution is 2.22. The molecule has 0 aliphatic heterocycles. The molecule has 0 atom stereocenters. The number of rotatable bonds is 5. The zero-order valence-electron chi connectivity index (χ0n) is 8.90. The van der Waals surface area contributed by atoms with E-state index in [4.69, 9.17) is 11.6 Å². The molecule has 0 bridgehead atoms. The first-order valence-corrected chi connectivity index (χ1v) is 6.05. The number of nitrogens with one attached hydrogen (secondary N) is 1. The fourth-order valence-corrected chi connectivity index (χ4v) is 2.38. The van der Waals surface area contributed by atoms with E-state index in [9.17, 15) is 13.6 Å². The van der Waals surface area contributed by atoms with Gasteiger partial charge in [-0.3, -0.25) is 4.98 Å². The Labute approximate surface area is 109 Å². The van der Waals surface area contributed by atoms with E-state index in [2.05, 4.69) is 14.4 Å². The summed E-state index contributed by atoms with van der Waals surface area (Å²) >= 11 is 6.85. The number of halogens is 3. The van der Waals surface area contributed by atoms with Crippen LogP contribution in [0.15, 0.2) is 21.7 Å². The standard InChI is InChI=1S/C9H8ClF2N3O2S/c10-8-13-1-5(18-8)2-15(3-6(11)12)7-4-17-9(16)14-7/h1,4,6H,2-3H2,(H,14,16). The third kappa shape index (κ3) is 3.30. The summed E-state index contributed by atoms with van der Waals surface area (Å²) in [5, 5.41) is 0. The van der Waals surface area contributed by atoms with E-state index in [0.29, 0.717) is 9.34 Å². The van der Waals surface area contributed by atoms with Crippen LogP contribution in [0.5, 0.6) is 0 Å². The minimum atomic E-state index is -2.54. The lowest BCUT2D eigenvalue weighted by Gasteiger charge is -2.20. The minimum Gasteiger partial charge on any atom is -0.414 e. The number of anilines is 1. The quantitative estimate of drug-likeness (QED) is 0.920. The van der Waals surface area contributed by atoms with E-state index in [-0.39, 0.29) is 12.4 Å². The van der Waals surface area contributed by atoms with Crippen LogP contribution in [-0.4, -0.2) is 22.9 Å². The van der Waals surface area contributed by atoms with Crippen molar-refractivity contribution in [3.63, 3.8) is 0 Å². The third-order valence-electron chi connectivity index (χ3n) is 2.08. The largest absolute Gasteiger partial charge is 0.417 e. The third-order valence-corrected chi connectivity index (χ3v) is 3.18. The monoisotopic (exact) mass is 295 g/mol. The minimum absolute atomic E-state index is 0.171. The van der Waals surface area contributed by atoms with Crippen molar-refractivity contribution in [2.24, 2.45) is 0 Å². The van der Waals surface area contributed by atoms with E-state index in [0.717, 1.165) is 6.26 Å². The fraction of sp³-hybridized carbons (Fsp3) is 0.333. The lowest BCUT2D eigenvalue weighted by molar-refractivity contribution is 0.154. The topological polar surface area (TPSA) is 62.1 Å². The second kappa shape index (κ2) is 5.49. The predicted molar refractivity (Wildman–Crippen MR) is 63.5 cm³/mol. The number of H-pyrrole nitrogens is 1. The molecule has 0 saturated carbocycles. The number of hydrogen-bond donors (Lipinski definition) is 1. The van der Waals surface area contributed by atoms with Crippen LogP contribution in [0.4, 0.5) is 14.6 Å². The van der Waals surface area contributed by atoms with Gasteiger partial charge in [-0.15, -0.1) is 11.3 Å². The average Bonchev–Trinajstić information content (AvgIpc) is 2.86. The van der Waals surface area contributed by atoms with E-state index in [1.165, 1.54) is 22.4 Å². The van der Waals surface area contributed by atoms with E-state index >= 15 is 0 Å². The number of oxazole rings is 1. The summed E-state index contributed by atoms with van der Waals surface area (Å²) in [6.45, 7) is -0.352. The molecule has 98 valence electrons. The lowest BCUT2D eigenvalue weighted by atomic mass is 10.4. The molecule has 0 amide bonds. The van der Waals surface area contributed by atoms with Gasteiger partial charge < -0.3 is 9.32 Å². The van der Waals surface area contributed by atoms with Crippen LogP contribution in [-0.2, 0) is 6.54 Å². The summed E-state index contributed by atoms with van der Waals surface area (Å²) in [5.74, 6) is -0.489. The van der Waals surface area contributed by atoms with Crippen molar-refractivity contribution in [3.8, 4) is 0 Å². The molecule has 2 rings (SSSR count). The van der Waals surface area contributed by atoms with Crippen molar-refractivity contribution >= 4 is 28.8 Å². The highest BCUT2D eigenvalue weighted by molar-refractivity contribution is 7.15. The van der Waals surface area contributed by atoms with Gasteiger partial charge in [-0.1, -0.05) is 11.6 Å². The molecular formula is C9H8ClF2N3O2S. The average molecular weight is 296 g/mol. The maximum absolute atomic E-state index is 12.5. The molecule has 0 spiro atoms. The molecule has 18 heavy (non-hydrogen) atoms. The summed E-state index contributed by atoms with van der Waals surface area (Å²) in [7, 11) is 0. The van der Waals surface area contributed by atoms with Crippen LogP contribution in [0.25, 0.3) is 0 Å². The zero-order valence-corrected chi connectivity index (χ0v) is 10.5. The SMILES string of the molecule is O=c1[nH]c(N(Cc2cnc(Cl)s2)CC(F)F)co1. The second-order valence-corrected chi connectivity index (χ2v) is 5.08. The molecule has 5 nitrogen and oxygen atoms in total. The second-order valence-electron chi connectivity index (χ2n) is 3.38. The molecule has 2 heterocycles. The molecule has 0 radical (unpaired) electrons. The van der Waals surface area contributed by atoms with E-state index < -0.39 is 18.7 Å². The Morgan fingerprint density at radius 3 is 2.89 bits per heavy atom. The van der Waals surface area contributed by atoms with Crippen molar-refractivity contribution in [2.45, 2.75) is 13.0 Å². The molecular weight excluding hydrogens is 288 g/mol. The van der Waals surface area contributed by atoms with Gasteiger partial charge in [0.25, 0.3) is 6.43 Å². The van der Waals surface area contributed by atoms with Gasteiger partial charge in [0.15, 0.2) is 4.47 Å².